The number of aromatic nitrogens is 1. The zero-order chi connectivity index (χ0) is 12.3. The van der Waals surface area contributed by atoms with Crippen LogP contribution < -0.4 is 5.32 Å². The van der Waals surface area contributed by atoms with Gasteiger partial charge < -0.3 is 14.2 Å². The van der Waals surface area contributed by atoms with E-state index >= 15 is 0 Å². The number of carbonyl (C=O) groups excluding carboxylic acids is 1. The zero-order valence-electron chi connectivity index (χ0n) is 9.20. The van der Waals surface area contributed by atoms with E-state index in [-0.39, 0.29) is 11.7 Å². The van der Waals surface area contributed by atoms with Crippen LogP contribution in [-0.2, 0) is 6.42 Å². The molecule has 6 heteroatoms. The van der Waals surface area contributed by atoms with Crippen molar-refractivity contribution < 1.29 is 13.6 Å². The van der Waals surface area contributed by atoms with Crippen molar-refractivity contribution in [1.29, 1.82) is 0 Å². The second kappa shape index (κ2) is 5.18. The Labute approximate surface area is 106 Å². The van der Waals surface area contributed by atoms with Gasteiger partial charge in [0.05, 0.1) is 6.20 Å². The summed E-state index contributed by atoms with van der Waals surface area (Å²) in [6.45, 7) is 2.28. The van der Waals surface area contributed by atoms with Gasteiger partial charge in [-0.2, -0.15) is 0 Å². The molecule has 0 saturated carbocycles. The zero-order valence-corrected chi connectivity index (χ0v) is 10.8. The number of nitrogens with one attached hydrogen (secondary N) is 1. The summed E-state index contributed by atoms with van der Waals surface area (Å²) in [5, 5.41) is 2.72. The van der Waals surface area contributed by atoms with Crippen LogP contribution in [0.3, 0.4) is 0 Å². The molecule has 0 unspecified atom stereocenters. The van der Waals surface area contributed by atoms with E-state index in [0.717, 1.165) is 5.76 Å². The van der Waals surface area contributed by atoms with Gasteiger partial charge in [0.1, 0.15) is 5.76 Å². The number of oxazole rings is 1. The fraction of sp³-hybridized carbons (Fsp3) is 0.273. The Morgan fingerprint density at radius 1 is 1.47 bits per heavy atom. The molecule has 0 aliphatic rings. The largest absolute Gasteiger partial charge is 0.446 e. The monoisotopic (exact) mass is 298 g/mol. The van der Waals surface area contributed by atoms with Crippen LogP contribution in [0.25, 0.3) is 0 Å². The van der Waals surface area contributed by atoms with Crippen LogP contribution in [0.15, 0.2) is 31.8 Å². The number of carbonyl (C=O) groups is 1. The van der Waals surface area contributed by atoms with Crippen LogP contribution >= 0.6 is 15.9 Å². The molecular weight excluding hydrogens is 288 g/mol. The van der Waals surface area contributed by atoms with Crippen LogP contribution in [0.2, 0.25) is 0 Å². The van der Waals surface area contributed by atoms with E-state index in [1.54, 1.807) is 18.3 Å². The smallest absolute Gasteiger partial charge is 0.287 e. The van der Waals surface area contributed by atoms with Gasteiger partial charge >= 0.3 is 0 Å². The van der Waals surface area contributed by atoms with Gasteiger partial charge in [-0.05, 0) is 35.0 Å². The number of hydrogen-bond acceptors (Lipinski definition) is 4. The number of rotatable bonds is 4. The van der Waals surface area contributed by atoms with Gasteiger partial charge in [0.15, 0.2) is 16.3 Å². The number of furan rings is 1. The van der Waals surface area contributed by atoms with E-state index in [0.29, 0.717) is 23.5 Å². The minimum Gasteiger partial charge on any atom is -0.446 e. The van der Waals surface area contributed by atoms with E-state index < -0.39 is 0 Å². The van der Waals surface area contributed by atoms with Crippen molar-refractivity contribution in [3.05, 3.63) is 40.4 Å². The van der Waals surface area contributed by atoms with Crippen molar-refractivity contribution >= 4 is 21.8 Å². The predicted octanol–water partition coefficient (Wildman–Crippen LogP) is 2.31. The van der Waals surface area contributed by atoms with Gasteiger partial charge in [0.2, 0.25) is 0 Å². The van der Waals surface area contributed by atoms with Gasteiger partial charge in [-0.25, -0.2) is 4.98 Å². The molecule has 1 N–H and O–H groups in total. The highest BCUT2D eigenvalue weighted by atomic mass is 79.9. The van der Waals surface area contributed by atoms with Crippen LogP contribution in [-0.4, -0.2) is 17.4 Å². The summed E-state index contributed by atoms with van der Waals surface area (Å²) in [5.74, 6) is 1.41. The molecule has 0 aromatic carbocycles. The molecule has 0 radical (unpaired) electrons. The lowest BCUT2D eigenvalue weighted by atomic mass is 10.4. The number of halogens is 1. The first-order chi connectivity index (χ1) is 8.15. The van der Waals surface area contributed by atoms with Crippen LogP contribution in [0, 0.1) is 6.92 Å². The van der Waals surface area contributed by atoms with Crippen molar-refractivity contribution in [3.8, 4) is 0 Å². The minimum atomic E-state index is -0.251. The Kier molecular flexibility index (Phi) is 3.63. The number of nitrogens with zero attached hydrogens (tertiary/aromatic N) is 1. The third-order valence-corrected chi connectivity index (χ3v) is 2.52. The number of amides is 1. The molecule has 0 bridgehead atoms. The molecule has 0 spiro atoms. The molecular formula is C11H11BrN2O3. The first-order valence-corrected chi connectivity index (χ1v) is 5.89. The van der Waals surface area contributed by atoms with Crippen molar-refractivity contribution in [2.75, 3.05) is 6.54 Å². The Balaban J connectivity index is 1.81. The third-order valence-electron chi connectivity index (χ3n) is 2.09. The minimum absolute atomic E-state index is 0.251. The summed E-state index contributed by atoms with van der Waals surface area (Å²) >= 11 is 3.14. The fourth-order valence-corrected chi connectivity index (χ4v) is 1.63. The number of aryl methyl sites for hydroxylation is 1. The van der Waals surface area contributed by atoms with E-state index in [9.17, 15) is 4.79 Å². The van der Waals surface area contributed by atoms with Gasteiger partial charge in [-0.15, -0.1) is 0 Å². The second-order valence-electron chi connectivity index (χ2n) is 3.47. The Morgan fingerprint density at radius 2 is 2.29 bits per heavy atom. The fourth-order valence-electron chi connectivity index (χ4n) is 1.32. The van der Waals surface area contributed by atoms with E-state index in [1.807, 2.05) is 6.92 Å². The van der Waals surface area contributed by atoms with Gasteiger partial charge in [0.25, 0.3) is 5.91 Å². The number of hydrogen-bond donors (Lipinski definition) is 1. The summed E-state index contributed by atoms with van der Waals surface area (Å²) in [6.07, 6.45) is 2.21. The molecule has 0 saturated heterocycles. The molecule has 2 aromatic rings. The summed E-state index contributed by atoms with van der Waals surface area (Å²) < 4.78 is 10.9. The molecule has 0 aliphatic heterocycles. The molecule has 0 aliphatic carbocycles. The average Bonchev–Trinajstić information content (AvgIpc) is 2.88. The lowest BCUT2D eigenvalue weighted by Gasteiger charge is -2.00. The van der Waals surface area contributed by atoms with Gasteiger partial charge in [0, 0.05) is 13.0 Å². The maximum atomic E-state index is 11.6. The predicted molar refractivity (Wildman–Crippen MR) is 63.7 cm³/mol. The maximum absolute atomic E-state index is 11.6. The molecule has 90 valence electrons. The van der Waals surface area contributed by atoms with Gasteiger partial charge in [-0.3, -0.25) is 4.79 Å². The highest BCUT2D eigenvalue weighted by Crippen LogP contribution is 2.13. The molecule has 0 atom stereocenters. The van der Waals surface area contributed by atoms with Crippen molar-refractivity contribution in [2.45, 2.75) is 13.3 Å². The summed E-state index contributed by atoms with van der Waals surface area (Å²) in [5.41, 5.74) is 0. The lowest BCUT2D eigenvalue weighted by molar-refractivity contribution is 0.0924. The molecule has 0 fully saturated rings. The van der Waals surface area contributed by atoms with E-state index in [2.05, 4.69) is 26.2 Å². The molecule has 17 heavy (non-hydrogen) atoms. The summed E-state index contributed by atoms with van der Waals surface area (Å²) in [6, 6.07) is 3.28. The summed E-state index contributed by atoms with van der Waals surface area (Å²) in [4.78, 5) is 15.6. The van der Waals surface area contributed by atoms with Crippen molar-refractivity contribution in [2.24, 2.45) is 0 Å². The Hall–Kier alpha value is -1.56. The van der Waals surface area contributed by atoms with Crippen molar-refractivity contribution in [1.82, 2.24) is 10.3 Å². The highest BCUT2D eigenvalue weighted by molar-refractivity contribution is 9.10. The van der Waals surface area contributed by atoms with Crippen LogP contribution in [0.4, 0.5) is 0 Å². The lowest BCUT2D eigenvalue weighted by Crippen LogP contribution is -2.25. The SMILES string of the molecule is Cc1cnc(CCNC(=O)c2ccc(Br)o2)o1. The van der Waals surface area contributed by atoms with E-state index in [1.165, 1.54) is 0 Å². The first kappa shape index (κ1) is 11.9. The maximum Gasteiger partial charge on any atom is 0.287 e. The van der Waals surface area contributed by atoms with Crippen molar-refractivity contribution in [3.63, 3.8) is 0 Å². The average molecular weight is 299 g/mol. The topological polar surface area (TPSA) is 68.3 Å². The molecule has 1 amide bonds. The van der Waals surface area contributed by atoms with Gasteiger partial charge in [-0.1, -0.05) is 0 Å². The Bertz CT molecular complexity index is 518. The molecule has 2 aromatic heterocycles. The molecule has 5 nitrogen and oxygen atoms in total. The Morgan fingerprint density at radius 3 is 2.88 bits per heavy atom. The first-order valence-electron chi connectivity index (χ1n) is 5.10. The molecule has 2 rings (SSSR count). The van der Waals surface area contributed by atoms with Crippen LogP contribution in [0.1, 0.15) is 22.2 Å². The van der Waals surface area contributed by atoms with E-state index in [4.69, 9.17) is 8.83 Å². The standard InChI is InChI=1S/C11H11BrN2O3/c1-7-6-14-10(16-7)4-5-13-11(15)8-2-3-9(12)17-8/h2-3,6H,4-5H2,1H3,(H,13,15). The third kappa shape index (κ3) is 3.20. The summed E-state index contributed by atoms with van der Waals surface area (Å²) in [7, 11) is 0. The van der Waals surface area contributed by atoms with Crippen LogP contribution in [0.5, 0.6) is 0 Å². The molecule has 2 heterocycles. The highest BCUT2D eigenvalue weighted by Gasteiger charge is 2.10. The normalized spacial score (nSPS) is 10.5. The quantitative estimate of drug-likeness (QED) is 0.940. The second-order valence-corrected chi connectivity index (χ2v) is 4.26.